The van der Waals surface area contributed by atoms with Crippen molar-refractivity contribution in [3.63, 3.8) is 0 Å². The van der Waals surface area contributed by atoms with Crippen molar-refractivity contribution >= 4 is 22.8 Å². The van der Waals surface area contributed by atoms with Crippen molar-refractivity contribution in [1.82, 2.24) is 9.88 Å². The highest BCUT2D eigenvalue weighted by Crippen LogP contribution is 2.24. The van der Waals surface area contributed by atoms with E-state index in [2.05, 4.69) is 4.98 Å². The normalized spacial score (nSPS) is 18.9. The van der Waals surface area contributed by atoms with E-state index in [1.165, 1.54) is 4.90 Å². The van der Waals surface area contributed by atoms with Gasteiger partial charge in [0.15, 0.2) is 0 Å². The average molecular weight is 258 g/mol. The van der Waals surface area contributed by atoms with Crippen LogP contribution in [-0.4, -0.2) is 39.5 Å². The molecule has 0 spiro atoms. The van der Waals surface area contributed by atoms with E-state index in [9.17, 15) is 9.59 Å². The number of fused-ring (bicyclic) bond motifs is 1. The number of H-pyrrole nitrogens is 1. The molecule has 1 unspecified atom stereocenters. The third kappa shape index (κ3) is 1.87. The Morgan fingerprint density at radius 2 is 2.16 bits per heavy atom. The highest BCUT2D eigenvalue weighted by Gasteiger charge is 2.34. The highest BCUT2D eigenvalue weighted by molar-refractivity contribution is 6.07. The quantitative estimate of drug-likeness (QED) is 0.863. The standard InChI is InChI=1S/C14H14N2O3/c17-13(16-8-2-5-12(16)14(18)19)10-3-1-4-11-9(10)6-7-15-11/h1,3-4,6-7,12,15H,2,5,8H2,(H,18,19). The molecule has 1 saturated heterocycles. The number of hydrogen-bond acceptors (Lipinski definition) is 2. The smallest absolute Gasteiger partial charge is 0.326 e. The summed E-state index contributed by atoms with van der Waals surface area (Å²) in [7, 11) is 0. The molecule has 1 aliphatic rings. The molecule has 1 atom stereocenters. The second kappa shape index (κ2) is 4.42. The number of likely N-dealkylation sites (tertiary alicyclic amines) is 1. The molecule has 5 heteroatoms. The first kappa shape index (κ1) is 11.8. The Labute approximate surface area is 109 Å². The summed E-state index contributed by atoms with van der Waals surface area (Å²) >= 11 is 0. The van der Waals surface area contributed by atoms with Crippen LogP contribution in [0.4, 0.5) is 0 Å². The Kier molecular flexibility index (Phi) is 2.74. The van der Waals surface area contributed by atoms with Gasteiger partial charge in [-0.25, -0.2) is 4.79 Å². The van der Waals surface area contributed by atoms with E-state index in [1.807, 2.05) is 12.1 Å². The molecule has 0 bridgehead atoms. The largest absolute Gasteiger partial charge is 0.480 e. The third-order valence-electron chi connectivity index (χ3n) is 3.62. The Balaban J connectivity index is 2.00. The van der Waals surface area contributed by atoms with Crippen molar-refractivity contribution in [2.45, 2.75) is 18.9 Å². The molecule has 1 amide bonds. The van der Waals surface area contributed by atoms with Crippen molar-refractivity contribution in [2.75, 3.05) is 6.54 Å². The molecular weight excluding hydrogens is 244 g/mol. The molecular formula is C14H14N2O3. The fourth-order valence-corrected chi connectivity index (χ4v) is 2.69. The number of benzene rings is 1. The number of carbonyl (C=O) groups is 2. The number of amides is 1. The minimum absolute atomic E-state index is 0.199. The van der Waals surface area contributed by atoms with Gasteiger partial charge in [-0.2, -0.15) is 0 Å². The zero-order valence-electron chi connectivity index (χ0n) is 10.3. The molecule has 0 radical (unpaired) electrons. The molecule has 1 fully saturated rings. The molecule has 0 saturated carbocycles. The van der Waals surface area contributed by atoms with E-state index in [4.69, 9.17) is 5.11 Å². The van der Waals surface area contributed by atoms with Gasteiger partial charge in [0.2, 0.25) is 0 Å². The van der Waals surface area contributed by atoms with Gasteiger partial charge in [-0.1, -0.05) is 6.07 Å². The Bertz CT molecular complexity index is 647. The number of carboxylic acids is 1. The van der Waals surface area contributed by atoms with Crippen molar-refractivity contribution < 1.29 is 14.7 Å². The number of nitrogens with zero attached hydrogens (tertiary/aromatic N) is 1. The number of aromatic nitrogens is 1. The first-order valence-electron chi connectivity index (χ1n) is 6.28. The van der Waals surface area contributed by atoms with Gasteiger partial charge in [0.25, 0.3) is 5.91 Å². The van der Waals surface area contributed by atoms with Crippen LogP contribution in [0.1, 0.15) is 23.2 Å². The van der Waals surface area contributed by atoms with Crippen LogP contribution in [0, 0.1) is 0 Å². The molecule has 2 N–H and O–H groups in total. The molecule has 2 heterocycles. The fourth-order valence-electron chi connectivity index (χ4n) is 2.69. The minimum atomic E-state index is -0.924. The van der Waals surface area contributed by atoms with Gasteiger partial charge in [-0.3, -0.25) is 4.79 Å². The molecule has 1 aromatic heterocycles. The lowest BCUT2D eigenvalue weighted by atomic mass is 10.1. The Morgan fingerprint density at radius 1 is 1.32 bits per heavy atom. The summed E-state index contributed by atoms with van der Waals surface area (Å²) in [5.74, 6) is -1.12. The molecule has 2 aromatic rings. The number of rotatable bonds is 2. The first-order valence-corrected chi connectivity index (χ1v) is 6.28. The summed E-state index contributed by atoms with van der Waals surface area (Å²) < 4.78 is 0. The summed E-state index contributed by atoms with van der Waals surface area (Å²) in [4.78, 5) is 28.2. The summed E-state index contributed by atoms with van der Waals surface area (Å²) in [6, 6.07) is 6.59. The summed E-state index contributed by atoms with van der Waals surface area (Å²) in [6.07, 6.45) is 3.05. The number of aliphatic carboxylic acids is 1. The van der Waals surface area contributed by atoms with Crippen molar-refractivity contribution in [3.05, 3.63) is 36.0 Å². The predicted molar refractivity (Wildman–Crippen MR) is 70.0 cm³/mol. The van der Waals surface area contributed by atoms with E-state index < -0.39 is 12.0 Å². The first-order chi connectivity index (χ1) is 9.18. The highest BCUT2D eigenvalue weighted by atomic mass is 16.4. The average Bonchev–Trinajstić information content (AvgIpc) is 3.05. The van der Waals surface area contributed by atoms with E-state index in [0.717, 1.165) is 17.3 Å². The van der Waals surface area contributed by atoms with Crippen LogP contribution in [0.25, 0.3) is 10.9 Å². The lowest BCUT2D eigenvalue weighted by Gasteiger charge is -2.21. The lowest BCUT2D eigenvalue weighted by molar-refractivity contribution is -0.141. The SMILES string of the molecule is O=C(O)C1CCCN1C(=O)c1cccc2[nH]ccc12. The monoisotopic (exact) mass is 258 g/mol. The van der Waals surface area contributed by atoms with Crippen molar-refractivity contribution in [1.29, 1.82) is 0 Å². The van der Waals surface area contributed by atoms with Crippen LogP contribution in [0.3, 0.4) is 0 Å². The molecule has 1 aromatic carbocycles. The maximum atomic E-state index is 12.5. The second-order valence-electron chi connectivity index (χ2n) is 4.74. The number of carbonyl (C=O) groups excluding carboxylic acids is 1. The second-order valence-corrected chi connectivity index (χ2v) is 4.74. The van der Waals surface area contributed by atoms with Crippen molar-refractivity contribution in [2.24, 2.45) is 0 Å². The van der Waals surface area contributed by atoms with Crippen LogP contribution in [0.2, 0.25) is 0 Å². The summed E-state index contributed by atoms with van der Waals surface area (Å²) in [6.45, 7) is 0.511. The molecule has 98 valence electrons. The van der Waals surface area contributed by atoms with Gasteiger partial charge in [0.05, 0.1) is 0 Å². The van der Waals surface area contributed by atoms with E-state index in [1.54, 1.807) is 18.3 Å². The van der Waals surface area contributed by atoms with Gasteiger partial charge in [0.1, 0.15) is 6.04 Å². The number of carboxylic acid groups (broad SMARTS) is 1. The van der Waals surface area contributed by atoms with E-state index >= 15 is 0 Å². The minimum Gasteiger partial charge on any atom is -0.480 e. The van der Waals surface area contributed by atoms with Gasteiger partial charge in [-0.05, 0) is 31.0 Å². The molecule has 5 nitrogen and oxygen atoms in total. The number of nitrogens with one attached hydrogen (secondary N) is 1. The topological polar surface area (TPSA) is 73.4 Å². The van der Waals surface area contributed by atoms with E-state index in [0.29, 0.717) is 18.5 Å². The van der Waals surface area contributed by atoms with E-state index in [-0.39, 0.29) is 5.91 Å². The number of aromatic amines is 1. The molecule has 3 rings (SSSR count). The van der Waals surface area contributed by atoms with Gasteiger partial charge in [0, 0.05) is 29.2 Å². The third-order valence-corrected chi connectivity index (χ3v) is 3.62. The zero-order chi connectivity index (χ0) is 13.4. The van der Waals surface area contributed by atoms with Crippen LogP contribution < -0.4 is 0 Å². The Hall–Kier alpha value is -2.30. The van der Waals surface area contributed by atoms with Crippen LogP contribution >= 0.6 is 0 Å². The van der Waals surface area contributed by atoms with Gasteiger partial charge < -0.3 is 15.0 Å². The number of hydrogen-bond donors (Lipinski definition) is 2. The van der Waals surface area contributed by atoms with Crippen LogP contribution in [0.15, 0.2) is 30.5 Å². The maximum Gasteiger partial charge on any atom is 0.326 e. The molecule has 1 aliphatic heterocycles. The predicted octanol–water partition coefficient (Wildman–Crippen LogP) is 1.86. The molecule has 0 aliphatic carbocycles. The van der Waals surface area contributed by atoms with Gasteiger partial charge >= 0.3 is 5.97 Å². The maximum absolute atomic E-state index is 12.5. The van der Waals surface area contributed by atoms with Crippen LogP contribution in [-0.2, 0) is 4.79 Å². The molecule has 19 heavy (non-hydrogen) atoms. The van der Waals surface area contributed by atoms with Gasteiger partial charge in [-0.15, -0.1) is 0 Å². The summed E-state index contributed by atoms with van der Waals surface area (Å²) in [5, 5.41) is 9.99. The summed E-state index contributed by atoms with van der Waals surface area (Å²) in [5.41, 5.74) is 1.45. The lowest BCUT2D eigenvalue weighted by Crippen LogP contribution is -2.40. The van der Waals surface area contributed by atoms with Crippen LogP contribution in [0.5, 0.6) is 0 Å². The Morgan fingerprint density at radius 3 is 2.95 bits per heavy atom. The zero-order valence-corrected chi connectivity index (χ0v) is 10.3. The van der Waals surface area contributed by atoms with Crippen molar-refractivity contribution in [3.8, 4) is 0 Å². The fraction of sp³-hybridized carbons (Fsp3) is 0.286.